The number of thiophene rings is 1. The van der Waals surface area contributed by atoms with Gasteiger partial charge < -0.3 is 9.88 Å². The molecule has 1 aliphatic heterocycles. The summed E-state index contributed by atoms with van der Waals surface area (Å²) in [6.45, 7) is 5.28. The number of rotatable bonds is 5. The van der Waals surface area contributed by atoms with Crippen LogP contribution < -0.4 is 5.32 Å². The Balaban J connectivity index is 1.47. The van der Waals surface area contributed by atoms with Gasteiger partial charge in [-0.3, -0.25) is 9.69 Å². The number of carbonyl (C=O) groups is 1. The Bertz CT molecular complexity index is 1270. The van der Waals surface area contributed by atoms with Crippen LogP contribution in [0.2, 0.25) is 0 Å². The maximum Gasteiger partial charge on any atom is 0.261 e. The van der Waals surface area contributed by atoms with Crippen LogP contribution in [0.1, 0.15) is 45.8 Å². The molecule has 1 fully saturated rings. The van der Waals surface area contributed by atoms with E-state index in [0.717, 1.165) is 37.4 Å². The monoisotopic (exact) mass is 431 g/mol. The van der Waals surface area contributed by atoms with E-state index in [0.29, 0.717) is 5.92 Å². The van der Waals surface area contributed by atoms with Crippen LogP contribution in [0, 0.1) is 0 Å². The predicted molar refractivity (Wildman–Crippen MR) is 130 cm³/mol. The molecule has 5 rings (SSSR count). The molecule has 0 aliphatic carbocycles. The normalized spacial score (nSPS) is 17.1. The van der Waals surface area contributed by atoms with E-state index >= 15 is 0 Å². The Morgan fingerprint density at radius 2 is 1.87 bits per heavy atom. The van der Waals surface area contributed by atoms with Crippen molar-refractivity contribution in [1.29, 1.82) is 0 Å². The van der Waals surface area contributed by atoms with Crippen molar-refractivity contribution in [3.05, 3.63) is 70.2 Å². The van der Waals surface area contributed by atoms with E-state index in [2.05, 4.69) is 77.3 Å². The van der Waals surface area contributed by atoms with Gasteiger partial charge in [-0.05, 0) is 48.0 Å². The van der Waals surface area contributed by atoms with Gasteiger partial charge in [-0.1, -0.05) is 43.3 Å². The van der Waals surface area contributed by atoms with Gasteiger partial charge in [0.1, 0.15) is 0 Å². The fraction of sp³-hybridized carbons (Fsp3) is 0.346. The Morgan fingerprint density at radius 3 is 2.65 bits per heavy atom. The number of para-hydroxylation sites is 1. The lowest BCUT2D eigenvalue weighted by molar-refractivity contribution is 0.0966. The van der Waals surface area contributed by atoms with E-state index in [9.17, 15) is 4.79 Å². The fourth-order valence-electron chi connectivity index (χ4n) is 5.34. The number of benzene rings is 2. The number of likely N-dealkylation sites (tertiary alicyclic amines) is 1. The van der Waals surface area contributed by atoms with E-state index in [4.69, 9.17) is 0 Å². The van der Waals surface area contributed by atoms with Crippen LogP contribution in [0.3, 0.4) is 0 Å². The molecule has 2 aromatic heterocycles. The van der Waals surface area contributed by atoms with Crippen LogP contribution in [0.15, 0.2) is 48.5 Å². The summed E-state index contributed by atoms with van der Waals surface area (Å²) in [5, 5.41) is 5.47. The van der Waals surface area contributed by atoms with Crippen molar-refractivity contribution in [1.82, 2.24) is 14.8 Å². The molecule has 2 aromatic carbocycles. The molecule has 0 unspecified atom stereocenters. The smallest absolute Gasteiger partial charge is 0.261 e. The Labute approximate surface area is 187 Å². The number of aromatic nitrogens is 1. The SMILES string of the molecule is CCc1c(CN2CC[C@H](c3c(C(=O)NC)sc4ccccc34)C2)c2ccccc2n1C. The average Bonchev–Trinajstić information content (AvgIpc) is 3.48. The predicted octanol–water partition coefficient (Wildman–Crippen LogP) is 5.30. The summed E-state index contributed by atoms with van der Waals surface area (Å²) in [5.41, 5.74) is 5.45. The summed E-state index contributed by atoms with van der Waals surface area (Å²) in [4.78, 5) is 16.1. The van der Waals surface area contributed by atoms with Crippen molar-refractivity contribution >= 4 is 38.2 Å². The number of aryl methyl sites for hydroxylation is 1. The third kappa shape index (κ3) is 3.36. The first-order valence-electron chi connectivity index (χ1n) is 11.1. The second-order valence-electron chi connectivity index (χ2n) is 8.50. The number of carbonyl (C=O) groups excluding carboxylic acids is 1. The molecule has 0 radical (unpaired) electrons. The molecule has 4 nitrogen and oxygen atoms in total. The van der Waals surface area contributed by atoms with Crippen molar-refractivity contribution in [2.24, 2.45) is 7.05 Å². The lowest BCUT2D eigenvalue weighted by Crippen LogP contribution is -2.22. The molecule has 1 N–H and O–H groups in total. The van der Waals surface area contributed by atoms with Crippen LogP contribution in [0.5, 0.6) is 0 Å². The highest BCUT2D eigenvalue weighted by Crippen LogP contribution is 2.40. The van der Waals surface area contributed by atoms with E-state index in [1.165, 1.54) is 37.8 Å². The van der Waals surface area contributed by atoms with Crippen LogP contribution in [0.4, 0.5) is 0 Å². The first kappa shape index (κ1) is 20.3. The fourth-order valence-corrected chi connectivity index (χ4v) is 6.58. The third-order valence-corrected chi connectivity index (χ3v) is 7.99. The topological polar surface area (TPSA) is 37.3 Å². The molecule has 31 heavy (non-hydrogen) atoms. The number of amides is 1. The molecule has 0 spiro atoms. The molecule has 3 heterocycles. The minimum absolute atomic E-state index is 0.0389. The van der Waals surface area contributed by atoms with Gasteiger partial charge in [0.05, 0.1) is 4.88 Å². The summed E-state index contributed by atoms with van der Waals surface area (Å²) in [5.74, 6) is 0.431. The van der Waals surface area contributed by atoms with Gasteiger partial charge in [0.15, 0.2) is 0 Å². The summed E-state index contributed by atoms with van der Waals surface area (Å²) in [7, 11) is 3.91. The van der Waals surface area contributed by atoms with Gasteiger partial charge >= 0.3 is 0 Å². The molecule has 160 valence electrons. The van der Waals surface area contributed by atoms with Crippen molar-refractivity contribution in [2.75, 3.05) is 20.1 Å². The molecule has 1 amide bonds. The zero-order valence-corrected chi connectivity index (χ0v) is 19.3. The quantitative estimate of drug-likeness (QED) is 0.465. The molecule has 5 heteroatoms. The molecule has 0 saturated carbocycles. The van der Waals surface area contributed by atoms with Crippen LogP contribution in [0.25, 0.3) is 21.0 Å². The minimum Gasteiger partial charge on any atom is -0.354 e. The van der Waals surface area contributed by atoms with E-state index in [1.807, 2.05) is 0 Å². The van der Waals surface area contributed by atoms with Crippen molar-refractivity contribution in [2.45, 2.75) is 32.2 Å². The number of fused-ring (bicyclic) bond motifs is 2. The molecule has 0 bridgehead atoms. The Hall–Kier alpha value is -2.63. The van der Waals surface area contributed by atoms with Crippen molar-refractivity contribution in [3.63, 3.8) is 0 Å². The molecule has 1 saturated heterocycles. The Morgan fingerprint density at radius 1 is 1.13 bits per heavy atom. The molecule has 4 aromatic rings. The summed E-state index contributed by atoms with van der Waals surface area (Å²) in [6.07, 6.45) is 2.13. The minimum atomic E-state index is 0.0389. The number of nitrogens with one attached hydrogen (secondary N) is 1. The van der Waals surface area contributed by atoms with Crippen LogP contribution >= 0.6 is 11.3 Å². The van der Waals surface area contributed by atoms with Crippen LogP contribution in [-0.2, 0) is 20.0 Å². The van der Waals surface area contributed by atoms with Gasteiger partial charge in [-0.2, -0.15) is 0 Å². The highest BCUT2D eigenvalue weighted by Gasteiger charge is 2.31. The van der Waals surface area contributed by atoms with Crippen LogP contribution in [-0.4, -0.2) is 35.5 Å². The average molecular weight is 432 g/mol. The van der Waals surface area contributed by atoms with Gasteiger partial charge in [0.25, 0.3) is 5.91 Å². The molecular formula is C26H29N3OS. The highest BCUT2D eigenvalue weighted by molar-refractivity contribution is 7.21. The van der Waals surface area contributed by atoms with E-state index in [-0.39, 0.29) is 5.91 Å². The number of nitrogens with zero attached hydrogens (tertiary/aromatic N) is 2. The number of hydrogen-bond acceptors (Lipinski definition) is 3. The summed E-state index contributed by atoms with van der Waals surface area (Å²) < 4.78 is 3.56. The van der Waals surface area contributed by atoms with Crippen molar-refractivity contribution < 1.29 is 4.79 Å². The lowest BCUT2D eigenvalue weighted by Gasteiger charge is -2.18. The molecule has 1 atom stereocenters. The standard InChI is InChI=1S/C26H29N3OS/c1-4-21-20(18-9-5-7-11-22(18)28(21)3)16-29-14-13-17(15-29)24-19-10-6-8-12-23(19)31-25(24)26(30)27-2/h5-12,17H,4,13-16H2,1-3H3,(H,27,30)/t17-/m0/s1. The summed E-state index contributed by atoms with van der Waals surface area (Å²) >= 11 is 1.63. The second-order valence-corrected chi connectivity index (χ2v) is 9.55. The molecule has 1 aliphatic rings. The zero-order valence-electron chi connectivity index (χ0n) is 18.4. The maximum atomic E-state index is 12.6. The second kappa shape index (κ2) is 8.13. The first-order chi connectivity index (χ1) is 15.1. The summed E-state index contributed by atoms with van der Waals surface area (Å²) in [6, 6.07) is 17.2. The lowest BCUT2D eigenvalue weighted by atomic mass is 9.95. The molecular weight excluding hydrogens is 402 g/mol. The number of hydrogen-bond donors (Lipinski definition) is 1. The van der Waals surface area contributed by atoms with Gasteiger partial charge in [0, 0.05) is 54.4 Å². The van der Waals surface area contributed by atoms with Gasteiger partial charge in [-0.25, -0.2) is 0 Å². The highest BCUT2D eigenvalue weighted by atomic mass is 32.1. The van der Waals surface area contributed by atoms with Gasteiger partial charge in [-0.15, -0.1) is 11.3 Å². The third-order valence-electron chi connectivity index (χ3n) is 6.81. The zero-order chi connectivity index (χ0) is 21.5. The first-order valence-corrected chi connectivity index (χ1v) is 11.9. The van der Waals surface area contributed by atoms with E-state index in [1.54, 1.807) is 18.4 Å². The maximum absolute atomic E-state index is 12.6. The Kier molecular flexibility index (Phi) is 5.32. The largest absolute Gasteiger partial charge is 0.354 e. The van der Waals surface area contributed by atoms with E-state index < -0.39 is 0 Å². The van der Waals surface area contributed by atoms with Crippen molar-refractivity contribution in [3.8, 4) is 0 Å². The van der Waals surface area contributed by atoms with Gasteiger partial charge in [0.2, 0.25) is 0 Å².